The van der Waals surface area contributed by atoms with Crippen LogP contribution >= 0.6 is 0 Å². The molecule has 1 aliphatic carbocycles. The van der Waals surface area contributed by atoms with Crippen molar-refractivity contribution >= 4 is 12.0 Å². The van der Waals surface area contributed by atoms with Gasteiger partial charge in [-0.2, -0.15) is 0 Å². The molecule has 130 valence electrons. The van der Waals surface area contributed by atoms with Crippen LogP contribution in [0.1, 0.15) is 41.0 Å². The zero-order chi connectivity index (χ0) is 18.0. The van der Waals surface area contributed by atoms with Gasteiger partial charge in [0.25, 0.3) is 0 Å². The van der Waals surface area contributed by atoms with Crippen molar-refractivity contribution in [3.8, 4) is 0 Å². The Morgan fingerprint density at radius 1 is 1.39 bits per heavy atom. The van der Waals surface area contributed by atoms with E-state index < -0.39 is 0 Å². The number of nitrogens with one attached hydrogen (secondary N) is 1. The summed E-state index contributed by atoms with van der Waals surface area (Å²) in [6, 6.07) is 0. The number of ether oxygens (including phenoxy) is 1. The lowest BCUT2D eigenvalue weighted by Gasteiger charge is -2.13. The maximum atomic E-state index is 13.3. The van der Waals surface area contributed by atoms with Gasteiger partial charge in [0.15, 0.2) is 0 Å². The van der Waals surface area contributed by atoms with E-state index in [0.29, 0.717) is 17.8 Å². The summed E-state index contributed by atoms with van der Waals surface area (Å²) in [5, 5.41) is 2.39. The van der Waals surface area contributed by atoms with E-state index in [2.05, 4.69) is 5.32 Å². The molecule has 1 unspecified atom stereocenters. The summed E-state index contributed by atoms with van der Waals surface area (Å²) >= 11 is 0. The molecule has 1 fully saturated rings. The summed E-state index contributed by atoms with van der Waals surface area (Å²) in [6.07, 6.45) is 4.91. The molecule has 0 aromatic rings. The van der Waals surface area contributed by atoms with Gasteiger partial charge in [-0.15, -0.1) is 0 Å². The SMILES string of the molecule is CC.CC1=C(F)CC=C(N2CC(C)OC2=O)C=C1.CNC(C)=O. The number of halogens is 1. The van der Waals surface area contributed by atoms with E-state index in [4.69, 9.17) is 4.74 Å². The third kappa shape index (κ3) is 7.13. The maximum absolute atomic E-state index is 13.3. The monoisotopic (exact) mass is 326 g/mol. The highest BCUT2D eigenvalue weighted by Gasteiger charge is 2.30. The fourth-order valence-electron chi connectivity index (χ4n) is 1.74. The van der Waals surface area contributed by atoms with Crippen molar-refractivity contribution in [2.45, 2.75) is 47.1 Å². The Balaban J connectivity index is 0.000000594. The molecule has 1 heterocycles. The smallest absolute Gasteiger partial charge is 0.414 e. The number of allylic oxidation sites excluding steroid dienone is 5. The van der Waals surface area contributed by atoms with Gasteiger partial charge in [0, 0.05) is 26.1 Å². The molecule has 6 heteroatoms. The van der Waals surface area contributed by atoms with Crippen LogP contribution in [0.15, 0.2) is 35.3 Å². The molecule has 0 aromatic carbocycles. The fraction of sp³-hybridized carbons (Fsp3) is 0.529. The summed E-state index contributed by atoms with van der Waals surface area (Å²) < 4.78 is 18.3. The number of hydrogen-bond donors (Lipinski definition) is 1. The lowest BCUT2D eigenvalue weighted by Crippen LogP contribution is -2.23. The molecule has 0 radical (unpaired) electrons. The Bertz CT molecular complexity index is 510. The topological polar surface area (TPSA) is 58.6 Å². The molecular weight excluding hydrogens is 299 g/mol. The largest absolute Gasteiger partial charge is 0.444 e. The molecule has 0 bridgehead atoms. The van der Waals surface area contributed by atoms with Crippen LogP contribution in [0.4, 0.5) is 9.18 Å². The predicted octanol–water partition coefficient (Wildman–Crippen LogP) is 3.69. The number of carbonyl (C=O) groups is 2. The minimum absolute atomic E-state index is 0.00463. The number of hydrogen-bond acceptors (Lipinski definition) is 3. The number of amides is 2. The first-order valence-electron chi connectivity index (χ1n) is 7.75. The summed E-state index contributed by atoms with van der Waals surface area (Å²) in [5.74, 6) is -0.156. The lowest BCUT2D eigenvalue weighted by molar-refractivity contribution is -0.118. The van der Waals surface area contributed by atoms with Gasteiger partial charge in [0.2, 0.25) is 5.91 Å². The van der Waals surface area contributed by atoms with Gasteiger partial charge >= 0.3 is 6.09 Å². The highest BCUT2D eigenvalue weighted by atomic mass is 19.1. The van der Waals surface area contributed by atoms with Crippen LogP contribution in [-0.2, 0) is 9.53 Å². The number of nitrogens with zero attached hydrogens (tertiary/aromatic N) is 1. The van der Waals surface area contributed by atoms with Crippen molar-refractivity contribution in [1.82, 2.24) is 10.2 Å². The third-order valence-corrected chi connectivity index (χ3v) is 3.05. The summed E-state index contributed by atoms with van der Waals surface area (Å²) in [4.78, 5) is 22.7. The van der Waals surface area contributed by atoms with Crippen molar-refractivity contribution in [3.63, 3.8) is 0 Å². The molecular formula is C17H27FN2O3. The second kappa shape index (κ2) is 10.6. The van der Waals surface area contributed by atoms with Crippen molar-refractivity contribution < 1.29 is 18.7 Å². The van der Waals surface area contributed by atoms with Gasteiger partial charge in [-0.3, -0.25) is 9.69 Å². The number of carbonyl (C=O) groups excluding carboxylic acids is 2. The van der Waals surface area contributed by atoms with E-state index >= 15 is 0 Å². The first-order valence-corrected chi connectivity index (χ1v) is 7.75. The van der Waals surface area contributed by atoms with Gasteiger partial charge in [0.1, 0.15) is 11.9 Å². The Hall–Kier alpha value is -2.11. The van der Waals surface area contributed by atoms with E-state index in [-0.39, 0.29) is 30.4 Å². The van der Waals surface area contributed by atoms with Crippen LogP contribution in [0.5, 0.6) is 0 Å². The Morgan fingerprint density at radius 3 is 2.39 bits per heavy atom. The minimum atomic E-state index is -0.358. The molecule has 1 aliphatic heterocycles. The molecule has 1 atom stereocenters. The molecule has 0 spiro atoms. The van der Waals surface area contributed by atoms with E-state index in [1.807, 2.05) is 20.8 Å². The first kappa shape index (κ1) is 20.9. The molecule has 0 saturated carbocycles. The summed E-state index contributed by atoms with van der Waals surface area (Å²) in [7, 11) is 1.60. The van der Waals surface area contributed by atoms with Gasteiger partial charge in [0.05, 0.1) is 6.54 Å². The van der Waals surface area contributed by atoms with Crippen molar-refractivity contribution in [2.75, 3.05) is 13.6 Å². The fourth-order valence-corrected chi connectivity index (χ4v) is 1.74. The minimum Gasteiger partial charge on any atom is -0.444 e. The molecule has 1 saturated heterocycles. The molecule has 2 aliphatic rings. The van der Waals surface area contributed by atoms with Crippen LogP contribution in [-0.4, -0.2) is 36.6 Å². The van der Waals surface area contributed by atoms with Crippen molar-refractivity contribution in [3.05, 3.63) is 35.3 Å². The molecule has 5 nitrogen and oxygen atoms in total. The van der Waals surface area contributed by atoms with Crippen LogP contribution < -0.4 is 5.32 Å². The van der Waals surface area contributed by atoms with Gasteiger partial charge < -0.3 is 10.1 Å². The maximum Gasteiger partial charge on any atom is 0.414 e. The zero-order valence-electron chi connectivity index (χ0n) is 14.8. The average molecular weight is 326 g/mol. The zero-order valence-corrected chi connectivity index (χ0v) is 14.8. The van der Waals surface area contributed by atoms with Crippen LogP contribution in [0.2, 0.25) is 0 Å². The van der Waals surface area contributed by atoms with E-state index in [1.54, 1.807) is 32.2 Å². The number of cyclic esters (lactones) is 1. The summed E-state index contributed by atoms with van der Waals surface area (Å²) in [6.45, 7) is 9.55. The van der Waals surface area contributed by atoms with E-state index in [0.717, 1.165) is 0 Å². The van der Waals surface area contributed by atoms with E-state index in [9.17, 15) is 14.0 Å². The lowest BCUT2D eigenvalue weighted by atomic mass is 10.2. The Morgan fingerprint density at radius 2 is 1.96 bits per heavy atom. The quantitative estimate of drug-likeness (QED) is 0.799. The predicted molar refractivity (Wildman–Crippen MR) is 89.4 cm³/mol. The van der Waals surface area contributed by atoms with E-state index in [1.165, 1.54) is 11.8 Å². The first-order chi connectivity index (χ1) is 10.8. The van der Waals surface area contributed by atoms with Crippen molar-refractivity contribution in [1.29, 1.82) is 0 Å². The van der Waals surface area contributed by atoms with Gasteiger partial charge in [-0.1, -0.05) is 26.0 Å². The highest BCUT2D eigenvalue weighted by Crippen LogP contribution is 2.23. The normalized spacial score (nSPS) is 19.6. The van der Waals surface area contributed by atoms with Crippen LogP contribution in [0, 0.1) is 0 Å². The van der Waals surface area contributed by atoms with Crippen LogP contribution in [0.3, 0.4) is 0 Å². The standard InChI is InChI=1S/C12H14FNO2.C3H7NO.C2H6/c1-8-3-4-10(5-6-11(8)13)14-7-9(2)16-12(14)15;1-3(5)4-2;1-2/h3-5,9H,6-7H2,1-2H3;1-2H3,(H,4,5);1-2H3. The molecule has 2 rings (SSSR count). The highest BCUT2D eigenvalue weighted by molar-refractivity contribution is 5.73. The number of rotatable bonds is 1. The average Bonchev–Trinajstić information content (AvgIpc) is 2.78. The second-order valence-corrected chi connectivity index (χ2v) is 4.87. The Labute approximate surface area is 137 Å². The molecule has 1 N–H and O–H groups in total. The Kier molecular flexibility index (Phi) is 9.62. The molecule has 23 heavy (non-hydrogen) atoms. The molecule has 0 aromatic heterocycles. The molecule has 2 amide bonds. The summed E-state index contributed by atoms with van der Waals surface area (Å²) in [5.41, 5.74) is 1.31. The van der Waals surface area contributed by atoms with Crippen molar-refractivity contribution in [2.24, 2.45) is 0 Å². The van der Waals surface area contributed by atoms with Crippen LogP contribution in [0.25, 0.3) is 0 Å². The van der Waals surface area contributed by atoms with Gasteiger partial charge in [-0.25, -0.2) is 9.18 Å². The van der Waals surface area contributed by atoms with Gasteiger partial charge in [-0.05, 0) is 25.5 Å². The third-order valence-electron chi connectivity index (χ3n) is 3.05. The second-order valence-electron chi connectivity index (χ2n) is 4.87.